The van der Waals surface area contributed by atoms with E-state index >= 15 is 0 Å². The Hall–Kier alpha value is -4.67. The van der Waals surface area contributed by atoms with Crippen molar-refractivity contribution in [2.45, 2.75) is 137 Å². The minimum atomic E-state index is 0.0494. The number of thioether (sulfide) groups is 1. The van der Waals surface area contributed by atoms with Crippen LogP contribution in [-0.4, -0.2) is 12.0 Å². The van der Waals surface area contributed by atoms with E-state index in [-0.39, 0.29) is 39.7 Å². The van der Waals surface area contributed by atoms with E-state index in [1.54, 1.807) is 5.47 Å². The van der Waals surface area contributed by atoms with Crippen LogP contribution in [0.4, 0.5) is 28.4 Å². The molecule has 0 aromatic heterocycles. The molecule has 2 aliphatic carbocycles. The number of aryl methyl sites for hydroxylation is 1. The Balaban J connectivity index is 1.34. The first-order chi connectivity index (χ1) is 29.5. The van der Waals surface area contributed by atoms with Crippen molar-refractivity contribution in [3.63, 3.8) is 0 Å². The van der Waals surface area contributed by atoms with Gasteiger partial charge in [0.1, 0.15) is 0 Å². The molecule has 5 aromatic carbocycles. The van der Waals surface area contributed by atoms with Crippen molar-refractivity contribution >= 4 is 57.8 Å². The van der Waals surface area contributed by atoms with Crippen molar-refractivity contribution in [2.75, 3.05) is 9.80 Å². The minimum absolute atomic E-state index is 0.0494. The van der Waals surface area contributed by atoms with E-state index in [9.17, 15) is 0 Å². The van der Waals surface area contributed by atoms with E-state index in [0.29, 0.717) is 5.25 Å². The molecule has 0 spiro atoms. The van der Waals surface area contributed by atoms with Gasteiger partial charge in [-0.1, -0.05) is 174 Å². The maximum atomic E-state index is 2.71. The first-order valence-corrected chi connectivity index (χ1v) is 24.5. The number of hydrogen-bond donors (Lipinski definition) is 0. The molecule has 63 heavy (non-hydrogen) atoms. The van der Waals surface area contributed by atoms with Gasteiger partial charge in [0, 0.05) is 39.6 Å². The molecule has 0 bridgehead atoms. The van der Waals surface area contributed by atoms with Gasteiger partial charge in [0.05, 0.1) is 5.03 Å². The van der Waals surface area contributed by atoms with Crippen molar-refractivity contribution in [2.24, 2.45) is 11.3 Å². The largest absolute Gasteiger partial charge is 0.311 e. The lowest BCUT2D eigenvalue weighted by Crippen LogP contribution is -2.57. The number of fused-ring (bicyclic) bond motifs is 6. The van der Waals surface area contributed by atoms with E-state index in [1.807, 2.05) is 0 Å². The highest BCUT2D eigenvalue weighted by Gasteiger charge is 2.53. The third kappa shape index (κ3) is 6.92. The van der Waals surface area contributed by atoms with Gasteiger partial charge in [-0.3, -0.25) is 0 Å². The molecule has 5 aliphatic rings. The molecule has 0 radical (unpaired) electrons. The average molecular weight is 847 g/mol. The fourth-order valence-corrected chi connectivity index (χ4v) is 12.6. The summed E-state index contributed by atoms with van der Waals surface area (Å²) in [4.78, 5) is 5.34. The van der Waals surface area contributed by atoms with Crippen molar-refractivity contribution in [1.82, 2.24) is 0 Å². The van der Waals surface area contributed by atoms with E-state index in [2.05, 4.69) is 234 Å². The molecule has 3 heterocycles. The number of anilines is 5. The van der Waals surface area contributed by atoms with Crippen LogP contribution < -0.4 is 20.7 Å². The molecule has 2 atom stereocenters. The molecule has 322 valence electrons. The van der Waals surface area contributed by atoms with Crippen molar-refractivity contribution < 1.29 is 0 Å². The van der Waals surface area contributed by atoms with Gasteiger partial charge in [-0.25, -0.2) is 0 Å². The summed E-state index contributed by atoms with van der Waals surface area (Å²) in [6.07, 6.45) is 9.99. The van der Waals surface area contributed by atoms with Gasteiger partial charge >= 0.3 is 0 Å². The maximum Gasteiger partial charge on any atom is 0.249 e. The Bertz CT molecular complexity index is 2760. The standard InChI is InChI=1S/C59H67BN2S/c1-36-15-17-37(18-16-36)38-31-49-53-50(32-38)62(43-26-21-40(22-27-43)56(5,6)7)54-52(44-33-41(57(8,9)10)23-28-51(44)63-54)60(53)47-34-45-46(59(13,14)30-29-58(45,11)12)35-48(47)61(49)42-24-19-39(20-25-42)55(2,3)4/h15-28,31-35,44,51H,29-30H2,1-14H3. The van der Waals surface area contributed by atoms with Gasteiger partial charge in [-0.2, -0.15) is 0 Å². The van der Waals surface area contributed by atoms with E-state index in [0.717, 1.165) is 0 Å². The SMILES string of the molecule is Cc1ccc(-c2cc3c4c(c2)N(c2ccc(C(C)(C)C)cc2)c2cc5c(cc2B4C2=C(SC4C=CC(C(C)(C)C)=CC24)N3c2ccc(C(C)(C)C)cc2)C(C)(C)CCC5(C)C)cc1. The van der Waals surface area contributed by atoms with Gasteiger partial charge in [0.2, 0.25) is 6.71 Å². The molecular formula is C59H67BN2S. The van der Waals surface area contributed by atoms with Gasteiger partial charge in [0.15, 0.2) is 0 Å². The van der Waals surface area contributed by atoms with Crippen LogP contribution in [0.2, 0.25) is 0 Å². The fraction of sp³-hybridized carbons (Fsp3) is 0.390. The molecule has 10 rings (SSSR count). The zero-order valence-electron chi connectivity index (χ0n) is 40.4. The van der Waals surface area contributed by atoms with Crippen LogP contribution >= 0.6 is 11.8 Å². The van der Waals surface area contributed by atoms with Gasteiger partial charge in [-0.05, 0) is 139 Å². The lowest BCUT2D eigenvalue weighted by atomic mass is 9.31. The number of nitrogens with zero attached hydrogens (tertiary/aromatic N) is 2. The molecule has 0 fully saturated rings. The van der Waals surface area contributed by atoms with Crippen molar-refractivity contribution in [3.8, 4) is 11.1 Å². The van der Waals surface area contributed by atoms with Crippen LogP contribution in [0.15, 0.2) is 131 Å². The van der Waals surface area contributed by atoms with Crippen LogP contribution in [-0.2, 0) is 21.7 Å². The molecule has 4 heteroatoms. The Morgan fingerprint density at radius 3 is 1.65 bits per heavy atom. The highest BCUT2D eigenvalue weighted by atomic mass is 32.2. The van der Waals surface area contributed by atoms with Crippen LogP contribution in [0.3, 0.4) is 0 Å². The molecule has 3 aliphatic heterocycles. The zero-order valence-corrected chi connectivity index (χ0v) is 41.2. The summed E-state index contributed by atoms with van der Waals surface area (Å²) >= 11 is 2.08. The lowest BCUT2D eigenvalue weighted by Gasteiger charge is -2.47. The Kier molecular flexibility index (Phi) is 9.51. The number of hydrogen-bond acceptors (Lipinski definition) is 3. The van der Waals surface area contributed by atoms with Crippen LogP contribution in [0.5, 0.6) is 0 Å². The normalized spacial score (nSPS) is 20.8. The fourth-order valence-electron chi connectivity index (χ4n) is 11.1. The van der Waals surface area contributed by atoms with Crippen molar-refractivity contribution in [3.05, 3.63) is 159 Å². The van der Waals surface area contributed by atoms with E-state index in [1.165, 1.54) is 102 Å². The molecule has 0 N–H and O–H groups in total. The summed E-state index contributed by atoms with van der Waals surface area (Å²) in [5.74, 6) is 0.273. The average Bonchev–Trinajstić information content (AvgIpc) is 3.60. The number of rotatable bonds is 3. The molecule has 2 unspecified atom stereocenters. The predicted molar refractivity (Wildman–Crippen MR) is 276 cm³/mol. The number of allylic oxidation sites excluding steroid dienone is 4. The number of benzene rings is 5. The third-order valence-electron chi connectivity index (χ3n) is 15.2. The van der Waals surface area contributed by atoms with Crippen molar-refractivity contribution in [1.29, 1.82) is 0 Å². The van der Waals surface area contributed by atoms with E-state index in [4.69, 9.17) is 0 Å². The summed E-state index contributed by atoms with van der Waals surface area (Å²) in [5, 5.41) is 1.73. The third-order valence-corrected chi connectivity index (χ3v) is 16.6. The van der Waals surface area contributed by atoms with Gasteiger partial charge in [0.25, 0.3) is 0 Å². The second kappa shape index (κ2) is 14.2. The summed E-state index contributed by atoms with van der Waals surface area (Å²) in [6.45, 7) is 33.3. The maximum absolute atomic E-state index is 2.71. The zero-order chi connectivity index (χ0) is 44.8. The van der Waals surface area contributed by atoms with Crippen LogP contribution in [0.1, 0.15) is 131 Å². The van der Waals surface area contributed by atoms with Crippen LogP contribution in [0.25, 0.3) is 11.1 Å². The predicted octanol–water partition coefficient (Wildman–Crippen LogP) is 15.2. The summed E-state index contributed by atoms with van der Waals surface area (Å²) in [6, 6.07) is 38.7. The van der Waals surface area contributed by atoms with Crippen LogP contribution in [0, 0.1) is 18.3 Å². The summed E-state index contributed by atoms with van der Waals surface area (Å²) < 4.78 is 0. The first kappa shape index (κ1) is 42.3. The quantitative estimate of drug-likeness (QED) is 0.167. The molecule has 0 saturated carbocycles. The Morgan fingerprint density at radius 2 is 1.11 bits per heavy atom. The minimum Gasteiger partial charge on any atom is -0.311 e. The highest BCUT2D eigenvalue weighted by Crippen LogP contribution is 2.58. The second-order valence-corrected chi connectivity index (χ2v) is 25.0. The molecule has 0 amide bonds. The topological polar surface area (TPSA) is 6.48 Å². The smallest absolute Gasteiger partial charge is 0.249 e. The summed E-state index contributed by atoms with van der Waals surface area (Å²) in [7, 11) is 0. The lowest BCUT2D eigenvalue weighted by molar-refractivity contribution is 0.332. The first-order valence-electron chi connectivity index (χ1n) is 23.6. The Morgan fingerprint density at radius 1 is 0.587 bits per heavy atom. The highest BCUT2D eigenvalue weighted by molar-refractivity contribution is 8.04. The van der Waals surface area contributed by atoms with Gasteiger partial charge in [-0.15, -0.1) is 11.8 Å². The van der Waals surface area contributed by atoms with Gasteiger partial charge < -0.3 is 9.80 Å². The molecule has 2 nitrogen and oxygen atoms in total. The second-order valence-electron chi connectivity index (χ2n) is 23.8. The Labute approximate surface area is 384 Å². The van der Waals surface area contributed by atoms with E-state index < -0.39 is 0 Å². The molecular weight excluding hydrogens is 780 g/mol. The molecule has 5 aromatic rings. The molecule has 0 saturated heterocycles. The summed E-state index contributed by atoms with van der Waals surface area (Å²) in [5.41, 5.74) is 22.1. The monoisotopic (exact) mass is 847 g/mol.